The van der Waals surface area contributed by atoms with Crippen LogP contribution in [0.3, 0.4) is 0 Å². The fourth-order valence-corrected chi connectivity index (χ4v) is 4.15. The van der Waals surface area contributed by atoms with Crippen molar-refractivity contribution in [3.8, 4) is 0 Å². The molecule has 25 heavy (non-hydrogen) atoms. The van der Waals surface area contributed by atoms with E-state index in [0.717, 1.165) is 29.8 Å². The van der Waals surface area contributed by atoms with E-state index in [-0.39, 0.29) is 23.8 Å². The van der Waals surface area contributed by atoms with Crippen molar-refractivity contribution in [2.45, 2.75) is 44.8 Å². The summed E-state index contributed by atoms with van der Waals surface area (Å²) < 4.78 is 1.91. The lowest BCUT2D eigenvalue weighted by Crippen LogP contribution is -2.46. The maximum Gasteiger partial charge on any atom is 0.226 e. The third-order valence-corrected chi connectivity index (χ3v) is 5.99. The highest BCUT2D eigenvalue weighted by molar-refractivity contribution is 7.09. The van der Waals surface area contributed by atoms with Gasteiger partial charge in [-0.3, -0.25) is 14.3 Å². The number of thiophene rings is 1. The SMILES string of the molecule is O=C(C[C@@H]1CN(C(=O)C2CCC2)Cc2ccnn21)NCc1cccs1. The summed E-state index contributed by atoms with van der Waals surface area (Å²) >= 11 is 1.63. The highest BCUT2D eigenvalue weighted by atomic mass is 32.1. The van der Waals surface area contributed by atoms with E-state index in [0.29, 0.717) is 26.1 Å². The van der Waals surface area contributed by atoms with Gasteiger partial charge in [0.15, 0.2) is 0 Å². The van der Waals surface area contributed by atoms with Crippen molar-refractivity contribution < 1.29 is 9.59 Å². The van der Waals surface area contributed by atoms with Gasteiger partial charge in [0.25, 0.3) is 0 Å². The third-order valence-electron chi connectivity index (χ3n) is 5.11. The van der Waals surface area contributed by atoms with Crippen LogP contribution >= 0.6 is 11.3 Å². The van der Waals surface area contributed by atoms with Crippen LogP contribution in [0.1, 0.15) is 42.3 Å². The number of fused-ring (bicyclic) bond motifs is 1. The number of carbonyl (C=O) groups excluding carboxylic acids is 2. The van der Waals surface area contributed by atoms with E-state index in [1.807, 2.05) is 33.2 Å². The van der Waals surface area contributed by atoms with Crippen LogP contribution in [0.2, 0.25) is 0 Å². The molecule has 1 aliphatic heterocycles. The fraction of sp³-hybridized carbons (Fsp3) is 0.500. The normalized spacial score (nSPS) is 20.0. The molecule has 2 amide bonds. The number of amides is 2. The van der Waals surface area contributed by atoms with Crippen molar-refractivity contribution >= 4 is 23.2 Å². The predicted molar refractivity (Wildman–Crippen MR) is 94.8 cm³/mol. The molecule has 1 fully saturated rings. The van der Waals surface area contributed by atoms with Crippen LogP contribution in [-0.2, 0) is 22.7 Å². The highest BCUT2D eigenvalue weighted by Crippen LogP contribution is 2.31. The number of rotatable bonds is 5. The molecule has 2 aromatic heterocycles. The zero-order valence-electron chi connectivity index (χ0n) is 14.1. The molecule has 1 atom stereocenters. The van der Waals surface area contributed by atoms with Crippen LogP contribution in [-0.4, -0.2) is 33.0 Å². The molecule has 0 bridgehead atoms. The summed E-state index contributed by atoms with van der Waals surface area (Å²) in [4.78, 5) is 28.0. The van der Waals surface area contributed by atoms with Crippen molar-refractivity contribution in [2.75, 3.05) is 6.54 Å². The van der Waals surface area contributed by atoms with E-state index < -0.39 is 0 Å². The van der Waals surface area contributed by atoms with Crippen molar-refractivity contribution in [1.82, 2.24) is 20.0 Å². The standard InChI is InChI=1S/C18H22N4O2S/c23-17(19-10-16-5-2-8-25-16)9-15-12-21(18(24)13-3-1-4-13)11-14-6-7-20-22(14)15/h2,5-8,13,15H,1,3-4,9-12H2,(H,19,23)/t15-/m1/s1. The number of nitrogens with zero attached hydrogens (tertiary/aromatic N) is 3. The second-order valence-electron chi connectivity index (χ2n) is 6.83. The molecule has 132 valence electrons. The van der Waals surface area contributed by atoms with E-state index in [4.69, 9.17) is 0 Å². The molecule has 0 unspecified atom stereocenters. The second-order valence-corrected chi connectivity index (χ2v) is 7.86. The summed E-state index contributed by atoms with van der Waals surface area (Å²) in [5, 5.41) is 9.35. The van der Waals surface area contributed by atoms with Gasteiger partial charge in [-0.15, -0.1) is 11.3 Å². The Morgan fingerprint density at radius 1 is 1.32 bits per heavy atom. The topological polar surface area (TPSA) is 67.2 Å². The molecular formula is C18H22N4O2S. The molecule has 2 aromatic rings. The molecule has 2 aliphatic rings. The van der Waals surface area contributed by atoms with Crippen molar-refractivity contribution in [3.63, 3.8) is 0 Å². The van der Waals surface area contributed by atoms with Crippen LogP contribution in [0.5, 0.6) is 0 Å². The van der Waals surface area contributed by atoms with Gasteiger partial charge in [-0.25, -0.2) is 0 Å². The molecule has 1 aliphatic carbocycles. The highest BCUT2D eigenvalue weighted by Gasteiger charge is 2.35. The van der Waals surface area contributed by atoms with E-state index in [1.165, 1.54) is 0 Å². The van der Waals surface area contributed by atoms with Gasteiger partial charge in [-0.2, -0.15) is 5.10 Å². The van der Waals surface area contributed by atoms with E-state index in [1.54, 1.807) is 17.5 Å². The fourth-order valence-electron chi connectivity index (χ4n) is 3.50. The third kappa shape index (κ3) is 3.46. The van der Waals surface area contributed by atoms with E-state index >= 15 is 0 Å². The Morgan fingerprint density at radius 3 is 2.92 bits per heavy atom. The van der Waals surface area contributed by atoms with Crippen LogP contribution in [0.15, 0.2) is 29.8 Å². The molecule has 0 spiro atoms. The van der Waals surface area contributed by atoms with Crippen LogP contribution in [0, 0.1) is 5.92 Å². The van der Waals surface area contributed by atoms with Gasteiger partial charge in [-0.1, -0.05) is 12.5 Å². The summed E-state index contributed by atoms with van der Waals surface area (Å²) in [6.07, 6.45) is 5.25. The Hall–Kier alpha value is -2.15. The Kier molecular flexibility index (Phi) is 4.57. The zero-order valence-corrected chi connectivity index (χ0v) is 14.9. The minimum Gasteiger partial charge on any atom is -0.351 e. The second kappa shape index (κ2) is 7.00. The average Bonchev–Trinajstić information content (AvgIpc) is 3.22. The molecule has 4 rings (SSSR count). The van der Waals surface area contributed by atoms with Crippen molar-refractivity contribution in [2.24, 2.45) is 5.92 Å². The lowest BCUT2D eigenvalue weighted by Gasteiger charge is -2.37. The maximum absolute atomic E-state index is 12.6. The minimum absolute atomic E-state index is 0.00204. The average molecular weight is 358 g/mol. The molecule has 0 saturated heterocycles. The molecule has 6 nitrogen and oxygen atoms in total. The first-order valence-electron chi connectivity index (χ1n) is 8.81. The number of hydrogen-bond donors (Lipinski definition) is 1. The summed E-state index contributed by atoms with van der Waals surface area (Å²) in [5.41, 5.74) is 1.01. The quantitative estimate of drug-likeness (QED) is 0.892. The Bertz CT molecular complexity index is 751. The predicted octanol–water partition coefficient (Wildman–Crippen LogP) is 2.33. The van der Waals surface area contributed by atoms with Crippen LogP contribution in [0.4, 0.5) is 0 Å². The Labute approximate surface area is 150 Å². The first-order valence-corrected chi connectivity index (χ1v) is 9.69. The van der Waals surface area contributed by atoms with E-state index in [2.05, 4.69) is 10.4 Å². The van der Waals surface area contributed by atoms with Crippen LogP contribution in [0.25, 0.3) is 0 Å². The maximum atomic E-state index is 12.6. The Balaban J connectivity index is 1.40. The smallest absolute Gasteiger partial charge is 0.226 e. The number of carbonyl (C=O) groups is 2. The van der Waals surface area contributed by atoms with Crippen molar-refractivity contribution in [1.29, 1.82) is 0 Å². The van der Waals surface area contributed by atoms with E-state index in [9.17, 15) is 9.59 Å². The summed E-state index contributed by atoms with van der Waals surface area (Å²) in [6.45, 7) is 1.72. The first kappa shape index (κ1) is 16.3. The lowest BCUT2D eigenvalue weighted by atomic mass is 9.84. The summed E-state index contributed by atoms with van der Waals surface area (Å²) in [5.74, 6) is 0.420. The summed E-state index contributed by atoms with van der Waals surface area (Å²) in [6, 6.07) is 5.84. The number of nitrogens with one attached hydrogen (secondary N) is 1. The Morgan fingerprint density at radius 2 is 2.20 bits per heavy atom. The largest absolute Gasteiger partial charge is 0.351 e. The molecule has 3 heterocycles. The molecule has 0 aromatic carbocycles. The van der Waals surface area contributed by atoms with Crippen molar-refractivity contribution in [3.05, 3.63) is 40.3 Å². The molecule has 1 saturated carbocycles. The van der Waals surface area contributed by atoms with Gasteiger partial charge in [0, 0.05) is 23.5 Å². The minimum atomic E-state index is -0.0916. The number of hydrogen-bond acceptors (Lipinski definition) is 4. The van der Waals surface area contributed by atoms with Gasteiger partial charge >= 0.3 is 0 Å². The monoisotopic (exact) mass is 358 g/mol. The zero-order chi connectivity index (χ0) is 17.2. The summed E-state index contributed by atoms with van der Waals surface area (Å²) in [7, 11) is 0. The number of aromatic nitrogens is 2. The van der Waals surface area contributed by atoms with Gasteiger partial charge in [0.2, 0.25) is 11.8 Å². The lowest BCUT2D eigenvalue weighted by molar-refractivity contribution is -0.141. The molecular weight excluding hydrogens is 336 g/mol. The van der Waals surface area contributed by atoms with Gasteiger partial charge in [0.05, 0.1) is 31.2 Å². The molecule has 0 radical (unpaired) electrons. The first-order chi connectivity index (χ1) is 12.2. The van der Waals surface area contributed by atoms with Gasteiger partial charge in [0.1, 0.15) is 0 Å². The van der Waals surface area contributed by atoms with Crippen LogP contribution < -0.4 is 5.32 Å². The van der Waals surface area contributed by atoms with Gasteiger partial charge < -0.3 is 10.2 Å². The van der Waals surface area contributed by atoms with Gasteiger partial charge in [-0.05, 0) is 30.4 Å². The molecule has 1 N–H and O–H groups in total. The molecule has 7 heteroatoms.